The molecule has 1 atom stereocenters. The summed E-state index contributed by atoms with van der Waals surface area (Å²) < 4.78 is 0. The molecule has 1 saturated carbocycles. The number of nitrogens with zero attached hydrogens (tertiary/aromatic N) is 2. The van der Waals surface area contributed by atoms with Crippen LogP contribution < -0.4 is 11.1 Å². The predicted octanol–water partition coefficient (Wildman–Crippen LogP) is -0.132. The SMILES string of the molecule is CC(CN)CN1CCCN(CC(=O)NC2CC2)CC1. The molecule has 2 rings (SSSR count). The van der Waals surface area contributed by atoms with Crippen molar-refractivity contribution in [2.75, 3.05) is 45.8 Å². The molecule has 3 N–H and O–H groups in total. The van der Waals surface area contributed by atoms with E-state index in [1.165, 1.54) is 0 Å². The highest BCUT2D eigenvalue weighted by atomic mass is 16.2. The fourth-order valence-electron chi connectivity index (χ4n) is 2.58. The van der Waals surface area contributed by atoms with Crippen LogP contribution in [-0.4, -0.2) is 67.6 Å². The normalized spacial score (nSPS) is 23.9. The lowest BCUT2D eigenvalue weighted by Gasteiger charge is -2.23. The molecule has 2 fully saturated rings. The van der Waals surface area contributed by atoms with Crippen molar-refractivity contribution in [1.29, 1.82) is 0 Å². The number of carbonyl (C=O) groups is 1. The van der Waals surface area contributed by atoms with Crippen LogP contribution in [0.1, 0.15) is 26.2 Å². The lowest BCUT2D eigenvalue weighted by Crippen LogP contribution is -2.40. The van der Waals surface area contributed by atoms with Crippen molar-refractivity contribution >= 4 is 5.91 Å². The van der Waals surface area contributed by atoms with E-state index in [0.29, 0.717) is 18.5 Å². The minimum Gasteiger partial charge on any atom is -0.352 e. The molecule has 5 nitrogen and oxygen atoms in total. The van der Waals surface area contributed by atoms with Gasteiger partial charge < -0.3 is 16.0 Å². The van der Waals surface area contributed by atoms with Crippen molar-refractivity contribution in [3.8, 4) is 0 Å². The van der Waals surface area contributed by atoms with Crippen LogP contribution in [0.15, 0.2) is 0 Å². The molecule has 0 aromatic heterocycles. The van der Waals surface area contributed by atoms with Gasteiger partial charge >= 0.3 is 0 Å². The largest absolute Gasteiger partial charge is 0.352 e. The van der Waals surface area contributed by atoms with Gasteiger partial charge in [-0.25, -0.2) is 0 Å². The second-order valence-electron chi connectivity index (χ2n) is 6.11. The van der Waals surface area contributed by atoms with E-state index in [1.807, 2.05) is 0 Å². The fraction of sp³-hybridized carbons (Fsp3) is 0.929. The molecule has 110 valence electrons. The van der Waals surface area contributed by atoms with Gasteiger partial charge in [-0.2, -0.15) is 0 Å². The first kappa shape index (κ1) is 14.8. The Labute approximate surface area is 116 Å². The molecular formula is C14H28N4O. The van der Waals surface area contributed by atoms with Gasteiger partial charge in [0.2, 0.25) is 5.91 Å². The molecule has 2 aliphatic rings. The Hall–Kier alpha value is -0.650. The lowest BCUT2D eigenvalue weighted by atomic mass is 10.1. The molecule has 1 heterocycles. The molecule has 0 spiro atoms. The summed E-state index contributed by atoms with van der Waals surface area (Å²) in [7, 11) is 0. The van der Waals surface area contributed by atoms with E-state index in [9.17, 15) is 4.79 Å². The van der Waals surface area contributed by atoms with Crippen LogP contribution in [-0.2, 0) is 4.79 Å². The smallest absolute Gasteiger partial charge is 0.234 e. The van der Waals surface area contributed by atoms with Crippen LogP contribution in [0, 0.1) is 5.92 Å². The number of hydrogen-bond donors (Lipinski definition) is 2. The molecule has 0 aromatic carbocycles. The molecule has 1 amide bonds. The first-order chi connectivity index (χ1) is 9.17. The van der Waals surface area contributed by atoms with E-state index in [-0.39, 0.29) is 5.91 Å². The van der Waals surface area contributed by atoms with Crippen molar-refractivity contribution in [2.45, 2.75) is 32.2 Å². The Bertz CT molecular complexity index is 293. The number of carbonyl (C=O) groups excluding carboxylic acids is 1. The molecule has 1 unspecified atom stereocenters. The van der Waals surface area contributed by atoms with Gasteiger partial charge in [-0.3, -0.25) is 9.69 Å². The summed E-state index contributed by atoms with van der Waals surface area (Å²) in [4.78, 5) is 16.6. The Balaban J connectivity index is 1.68. The Morgan fingerprint density at radius 1 is 1.26 bits per heavy atom. The fourth-order valence-corrected chi connectivity index (χ4v) is 2.58. The molecule has 19 heavy (non-hydrogen) atoms. The van der Waals surface area contributed by atoms with E-state index in [1.54, 1.807) is 0 Å². The van der Waals surface area contributed by atoms with E-state index in [4.69, 9.17) is 5.73 Å². The number of amides is 1. The average Bonchev–Trinajstić information content (AvgIpc) is 3.19. The minimum atomic E-state index is 0.200. The maximum Gasteiger partial charge on any atom is 0.234 e. The second-order valence-corrected chi connectivity index (χ2v) is 6.11. The molecular weight excluding hydrogens is 240 g/mol. The predicted molar refractivity (Wildman–Crippen MR) is 76.9 cm³/mol. The summed E-state index contributed by atoms with van der Waals surface area (Å²) in [5.74, 6) is 0.760. The summed E-state index contributed by atoms with van der Waals surface area (Å²) in [6.45, 7) is 8.82. The van der Waals surface area contributed by atoms with Gasteiger partial charge in [0.25, 0.3) is 0 Å². The van der Waals surface area contributed by atoms with Crippen molar-refractivity contribution in [1.82, 2.24) is 15.1 Å². The number of rotatable bonds is 6. The van der Waals surface area contributed by atoms with Crippen molar-refractivity contribution < 1.29 is 4.79 Å². The molecule has 5 heteroatoms. The summed E-state index contributed by atoms with van der Waals surface area (Å²) in [6.07, 6.45) is 3.47. The number of hydrogen-bond acceptors (Lipinski definition) is 4. The molecule has 0 aromatic rings. The first-order valence-electron chi connectivity index (χ1n) is 7.61. The zero-order valence-electron chi connectivity index (χ0n) is 12.1. The third-order valence-electron chi connectivity index (χ3n) is 3.96. The third kappa shape index (κ3) is 5.47. The highest BCUT2D eigenvalue weighted by Crippen LogP contribution is 2.18. The van der Waals surface area contributed by atoms with Crippen molar-refractivity contribution in [3.63, 3.8) is 0 Å². The Morgan fingerprint density at radius 2 is 1.95 bits per heavy atom. The highest BCUT2D eigenvalue weighted by molar-refractivity contribution is 5.78. The summed E-state index contributed by atoms with van der Waals surface area (Å²) in [6, 6.07) is 0.474. The molecule has 1 saturated heterocycles. The van der Waals surface area contributed by atoms with Crippen LogP contribution in [0.5, 0.6) is 0 Å². The van der Waals surface area contributed by atoms with E-state index in [0.717, 1.165) is 58.5 Å². The second kappa shape index (κ2) is 7.22. The van der Waals surface area contributed by atoms with Crippen LogP contribution in [0.25, 0.3) is 0 Å². The third-order valence-corrected chi connectivity index (χ3v) is 3.96. The topological polar surface area (TPSA) is 61.6 Å². The van der Waals surface area contributed by atoms with Gasteiger partial charge in [-0.1, -0.05) is 6.92 Å². The van der Waals surface area contributed by atoms with Gasteiger partial charge in [0.1, 0.15) is 0 Å². The summed E-state index contributed by atoms with van der Waals surface area (Å²) in [5.41, 5.74) is 5.68. The Kier molecular flexibility index (Phi) is 5.60. The maximum absolute atomic E-state index is 11.8. The van der Waals surface area contributed by atoms with Gasteiger partial charge in [0.05, 0.1) is 6.54 Å². The molecule has 1 aliphatic carbocycles. The monoisotopic (exact) mass is 268 g/mol. The maximum atomic E-state index is 11.8. The Morgan fingerprint density at radius 3 is 2.63 bits per heavy atom. The zero-order valence-corrected chi connectivity index (χ0v) is 12.1. The van der Waals surface area contributed by atoms with E-state index < -0.39 is 0 Å². The number of nitrogens with one attached hydrogen (secondary N) is 1. The average molecular weight is 268 g/mol. The lowest BCUT2D eigenvalue weighted by molar-refractivity contribution is -0.122. The quantitative estimate of drug-likeness (QED) is 0.704. The number of nitrogens with two attached hydrogens (primary N) is 1. The van der Waals surface area contributed by atoms with Crippen molar-refractivity contribution in [2.24, 2.45) is 11.7 Å². The van der Waals surface area contributed by atoms with Crippen LogP contribution in [0.3, 0.4) is 0 Å². The van der Waals surface area contributed by atoms with Crippen LogP contribution >= 0.6 is 0 Å². The van der Waals surface area contributed by atoms with E-state index in [2.05, 4.69) is 22.0 Å². The zero-order chi connectivity index (χ0) is 13.7. The van der Waals surface area contributed by atoms with Crippen LogP contribution in [0.4, 0.5) is 0 Å². The van der Waals surface area contributed by atoms with Gasteiger partial charge in [-0.05, 0) is 44.8 Å². The standard InChI is InChI=1S/C14H28N4O/c1-12(9-15)10-17-5-2-6-18(8-7-17)11-14(19)16-13-3-4-13/h12-13H,2-11,15H2,1H3,(H,16,19). The molecule has 0 bridgehead atoms. The highest BCUT2D eigenvalue weighted by Gasteiger charge is 2.24. The van der Waals surface area contributed by atoms with Gasteiger partial charge in [0, 0.05) is 25.7 Å². The van der Waals surface area contributed by atoms with Gasteiger partial charge in [-0.15, -0.1) is 0 Å². The molecule has 1 aliphatic heterocycles. The van der Waals surface area contributed by atoms with Gasteiger partial charge in [0.15, 0.2) is 0 Å². The summed E-state index contributed by atoms with van der Waals surface area (Å²) in [5, 5.41) is 3.06. The minimum absolute atomic E-state index is 0.200. The van der Waals surface area contributed by atoms with Crippen LogP contribution in [0.2, 0.25) is 0 Å². The first-order valence-corrected chi connectivity index (χ1v) is 7.61. The van der Waals surface area contributed by atoms with E-state index >= 15 is 0 Å². The van der Waals surface area contributed by atoms with Crippen molar-refractivity contribution in [3.05, 3.63) is 0 Å². The summed E-state index contributed by atoms with van der Waals surface area (Å²) >= 11 is 0. The molecule has 0 radical (unpaired) electrons.